The fraction of sp³-hybridized carbons (Fsp3) is 0.188. The third-order valence-corrected chi connectivity index (χ3v) is 4.73. The molecule has 0 spiro atoms. The smallest absolute Gasteiger partial charge is 0.287 e. The van der Waals surface area contributed by atoms with Crippen molar-refractivity contribution in [2.75, 3.05) is 7.11 Å². The molecule has 0 fully saturated rings. The summed E-state index contributed by atoms with van der Waals surface area (Å²) in [7, 11) is 1.57. The maximum atomic E-state index is 12.3. The Bertz CT molecular complexity index is 824. The molecule has 0 saturated heterocycles. The van der Waals surface area contributed by atoms with Crippen LogP contribution in [0.1, 0.15) is 28.4 Å². The Balaban J connectivity index is 1.83. The summed E-state index contributed by atoms with van der Waals surface area (Å²) in [5, 5.41) is 3.73. The average molecular weight is 336 g/mol. The molecule has 0 aliphatic heterocycles. The van der Waals surface area contributed by atoms with Crippen molar-refractivity contribution in [1.29, 1.82) is 0 Å². The maximum Gasteiger partial charge on any atom is 0.287 e. The maximum absolute atomic E-state index is 12.3. The number of furan rings is 1. The number of para-hydroxylation sites is 1. The van der Waals surface area contributed by atoms with Gasteiger partial charge in [-0.1, -0.05) is 23.7 Å². The number of nitrogens with one attached hydrogen (secondary N) is 1. The lowest BCUT2D eigenvalue weighted by Gasteiger charge is -2.10. The molecule has 22 heavy (non-hydrogen) atoms. The SMILES string of the molecule is COc1cccc2cc(C(=O)NC(C)c3ccc(Cl)s3)oc12. The number of thiophene rings is 1. The van der Waals surface area contributed by atoms with Gasteiger partial charge in [-0.05, 0) is 31.2 Å². The Morgan fingerprint density at radius 2 is 2.18 bits per heavy atom. The van der Waals surface area contributed by atoms with E-state index in [1.807, 2.05) is 31.2 Å². The minimum absolute atomic E-state index is 0.139. The average Bonchev–Trinajstić information content (AvgIpc) is 3.12. The fourth-order valence-electron chi connectivity index (χ4n) is 2.21. The van der Waals surface area contributed by atoms with E-state index in [0.29, 0.717) is 15.7 Å². The van der Waals surface area contributed by atoms with Gasteiger partial charge in [0.1, 0.15) is 0 Å². The number of rotatable bonds is 4. The van der Waals surface area contributed by atoms with Crippen LogP contribution in [0.25, 0.3) is 11.0 Å². The van der Waals surface area contributed by atoms with Crippen molar-refractivity contribution in [3.63, 3.8) is 0 Å². The molecule has 0 aliphatic rings. The highest BCUT2D eigenvalue weighted by Gasteiger charge is 2.18. The molecule has 1 aromatic carbocycles. The molecule has 1 amide bonds. The van der Waals surface area contributed by atoms with E-state index in [2.05, 4.69) is 5.32 Å². The molecule has 2 heterocycles. The molecule has 0 aliphatic carbocycles. The van der Waals surface area contributed by atoms with Gasteiger partial charge in [0.25, 0.3) is 5.91 Å². The van der Waals surface area contributed by atoms with Crippen LogP contribution in [0.2, 0.25) is 4.34 Å². The second-order valence-corrected chi connectivity index (χ2v) is 6.57. The molecule has 0 bridgehead atoms. The summed E-state index contributed by atoms with van der Waals surface area (Å²) >= 11 is 7.36. The summed E-state index contributed by atoms with van der Waals surface area (Å²) in [5.41, 5.74) is 0.571. The van der Waals surface area contributed by atoms with Crippen LogP contribution in [0.3, 0.4) is 0 Å². The van der Waals surface area contributed by atoms with E-state index < -0.39 is 0 Å². The monoisotopic (exact) mass is 335 g/mol. The molecular formula is C16H14ClNO3S. The van der Waals surface area contributed by atoms with Gasteiger partial charge in [0.05, 0.1) is 17.5 Å². The van der Waals surface area contributed by atoms with Crippen LogP contribution >= 0.6 is 22.9 Å². The summed E-state index contributed by atoms with van der Waals surface area (Å²) in [6.45, 7) is 1.91. The molecule has 4 nitrogen and oxygen atoms in total. The summed E-state index contributed by atoms with van der Waals surface area (Å²) in [6, 6.07) is 10.8. The van der Waals surface area contributed by atoms with Crippen LogP contribution in [-0.4, -0.2) is 13.0 Å². The highest BCUT2D eigenvalue weighted by atomic mass is 35.5. The number of amides is 1. The Morgan fingerprint density at radius 3 is 2.86 bits per heavy atom. The van der Waals surface area contributed by atoms with E-state index >= 15 is 0 Å². The van der Waals surface area contributed by atoms with E-state index in [1.54, 1.807) is 19.2 Å². The number of hydrogen-bond acceptors (Lipinski definition) is 4. The van der Waals surface area contributed by atoms with Crippen molar-refractivity contribution in [2.24, 2.45) is 0 Å². The summed E-state index contributed by atoms with van der Waals surface area (Å²) < 4.78 is 11.6. The minimum Gasteiger partial charge on any atom is -0.493 e. The number of methoxy groups -OCH3 is 1. The Labute approximate surface area is 136 Å². The zero-order chi connectivity index (χ0) is 15.7. The third-order valence-electron chi connectivity index (χ3n) is 3.32. The number of benzene rings is 1. The van der Waals surface area contributed by atoms with Crippen molar-refractivity contribution in [2.45, 2.75) is 13.0 Å². The highest BCUT2D eigenvalue weighted by molar-refractivity contribution is 7.16. The fourth-order valence-corrected chi connectivity index (χ4v) is 3.27. The summed E-state index contributed by atoms with van der Waals surface area (Å²) in [5.74, 6) is 0.596. The largest absolute Gasteiger partial charge is 0.493 e. The van der Waals surface area contributed by atoms with Gasteiger partial charge in [-0.2, -0.15) is 0 Å². The number of carbonyl (C=O) groups excluding carboxylic acids is 1. The summed E-state index contributed by atoms with van der Waals surface area (Å²) in [4.78, 5) is 13.3. The van der Waals surface area contributed by atoms with Crippen LogP contribution in [-0.2, 0) is 0 Å². The Kier molecular flexibility index (Phi) is 4.09. The van der Waals surface area contributed by atoms with Gasteiger partial charge >= 0.3 is 0 Å². The number of ether oxygens (including phenoxy) is 1. The van der Waals surface area contributed by atoms with Crippen molar-refractivity contribution >= 4 is 39.8 Å². The molecule has 0 radical (unpaired) electrons. The first kappa shape index (κ1) is 14.9. The van der Waals surface area contributed by atoms with Crippen LogP contribution in [0.5, 0.6) is 5.75 Å². The predicted molar refractivity (Wildman–Crippen MR) is 88.0 cm³/mol. The van der Waals surface area contributed by atoms with Crippen molar-refractivity contribution in [3.8, 4) is 5.75 Å². The van der Waals surface area contributed by atoms with Gasteiger partial charge in [0, 0.05) is 10.3 Å². The zero-order valence-corrected chi connectivity index (χ0v) is 13.6. The van der Waals surface area contributed by atoms with Crippen LogP contribution in [0.4, 0.5) is 0 Å². The third kappa shape index (κ3) is 2.82. The van der Waals surface area contributed by atoms with Gasteiger partial charge in [-0.3, -0.25) is 4.79 Å². The molecule has 2 aromatic heterocycles. The topological polar surface area (TPSA) is 51.5 Å². The quantitative estimate of drug-likeness (QED) is 0.755. The van der Waals surface area contributed by atoms with Crippen molar-refractivity contribution < 1.29 is 13.9 Å². The normalized spacial score (nSPS) is 12.3. The van der Waals surface area contributed by atoms with Crippen LogP contribution in [0.15, 0.2) is 40.8 Å². The van der Waals surface area contributed by atoms with Gasteiger partial charge < -0.3 is 14.5 Å². The first-order chi connectivity index (χ1) is 10.6. The number of hydrogen-bond donors (Lipinski definition) is 1. The van der Waals surface area contributed by atoms with E-state index in [0.717, 1.165) is 10.3 Å². The number of carbonyl (C=O) groups is 1. The van der Waals surface area contributed by atoms with Gasteiger partial charge in [-0.25, -0.2) is 0 Å². The second-order valence-electron chi connectivity index (χ2n) is 4.83. The Hall–Kier alpha value is -1.98. The number of fused-ring (bicyclic) bond motifs is 1. The second kappa shape index (κ2) is 6.02. The molecule has 6 heteroatoms. The molecule has 3 aromatic rings. The molecule has 3 rings (SSSR count). The molecule has 0 saturated carbocycles. The predicted octanol–water partition coefficient (Wildman–Crippen LogP) is 4.65. The molecule has 1 unspecified atom stereocenters. The highest BCUT2D eigenvalue weighted by Crippen LogP contribution is 2.30. The first-order valence-corrected chi connectivity index (χ1v) is 7.90. The lowest BCUT2D eigenvalue weighted by atomic mass is 10.2. The minimum atomic E-state index is -0.268. The van der Waals surface area contributed by atoms with Crippen molar-refractivity contribution in [3.05, 3.63) is 51.4 Å². The number of halogens is 1. The van der Waals surface area contributed by atoms with E-state index in [-0.39, 0.29) is 17.7 Å². The van der Waals surface area contributed by atoms with E-state index in [4.69, 9.17) is 20.8 Å². The lowest BCUT2D eigenvalue weighted by Crippen LogP contribution is -2.25. The lowest BCUT2D eigenvalue weighted by molar-refractivity contribution is 0.0914. The van der Waals surface area contributed by atoms with Gasteiger partial charge in [-0.15, -0.1) is 11.3 Å². The molecule has 1 atom stereocenters. The van der Waals surface area contributed by atoms with Gasteiger partial charge in [0.2, 0.25) is 0 Å². The molecule has 114 valence electrons. The van der Waals surface area contributed by atoms with Crippen molar-refractivity contribution in [1.82, 2.24) is 5.32 Å². The molecular weight excluding hydrogens is 322 g/mol. The first-order valence-electron chi connectivity index (χ1n) is 6.71. The van der Waals surface area contributed by atoms with Crippen LogP contribution < -0.4 is 10.1 Å². The summed E-state index contributed by atoms with van der Waals surface area (Å²) in [6.07, 6.45) is 0. The molecule has 1 N–H and O–H groups in total. The zero-order valence-electron chi connectivity index (χ0n) is 12.1. The van der Waals surface area contributed by atoms with E-state index in [9.17, 15) is 4.79 Å². The van der Waals surface area contributed by atoms with Gasteiger partial charge in [0.15, 0.2) is 17.1 Å². The van der Waals surface area contributed by atoms with Crippen LogP contribution in [0, 0.1) is 0 Å². The standard InChI is InChI=1S/C16H14ClNO3S/c1-9(13-6-7-14(17)22-13)18-16(19)12-8-10-4-3-5-11(20-2)15(10)21-12/h3-9H,1-2H3,(H,18,19). The van der Waals surface area contributed by atoms with E-state index in [1.165, 1.54) is 11.3 Å². The Morgan fingerprint density at radius 1 is 1.36 bits per heavy atom.